The molecule has 4 heterocycles. The summed E-state index contributed by atoms with van der Waals surface area (Å²) in [5.74, 6) is -5.06. The van der Waals surface area contributed by atoms with Gasteiger partial charge >= 0.3 is 24.3 Å². The number of nitrogens with two attached hydrogens (primary N) is 1. The lowest BCUT2D eigenvalue weighted by atomic mass is 9.85. The van der Waals surface area contributed by atoms with E-state index in [0.29, 0.717) is 39.3 Å². The van der Waals surface area contributed by atoms with Crippen LogP contribution in [0.3, 0.4) is 0 Å². The highest BCUT2D eigenvalue weighted by Gasteiger charge is 2.39. The first-order valence-corrected chi connectivity index (χ1v) is 20.7. The molecular formula is C41H46F6N10O6S. The lowest BCUT2D eigenvalue weighted by Gasteiger charge is -2.35. The molecule has 1 aliphatic heterocycles. The van der Waals surface area contributed by atoms with Crippen molar-refractivity contribution in [2.75, 3.05) is 43.6 Å². The maximum atomic E-state index is 13.3. The summed E-state index contributed by atoms with van der Waals surface area (Å²) in [5.41, 5.74) is 11.6. The molecule has 3 aromatic heterocycles. The molecule has 64 heavy (non-hydrogen) atoms. The number of carbonyl (C=O) groups is 4. The van der Waals surface area contributed by atoms with Gasteiger partial charge in [0.15, 0.2) is 22.4 Å². The monoisotopic (exact) mass is 920 g/mol. The molecule has 1 aliphatic carbocycles. The van der Waals surface area contributed by atoms with Crippen molar-refractivity contribution in [3.05, 3.63) is 77.1 Å². The number of likely N-dealkylation sites (tertiary alicyclic amines) is 1. The lowest BCUT2D eigenvalue weighted by molar-refractivity contribution is -0.193. The number of nitrogen functional groups attached to an aromatic ring is 1. The Morgan fingerprint density at radius 2 is 1.47 bits per heavy atom. The minimum absolute atomic E-state index is 0.0227. The van der Waals surface area contributed by atoms with Gasteiger partial charge in [-0.25, -0.2) is 29.5 Å². The van der Waals surface area contributed by atoms with Gasteiger partial charge in [-0.3, -0.25) is 14.5 Å². The van der Waals surface area contributed by atoms with E-state index in [4.69, 9.17) is 30.5 Å². The number of halogens is 6. The summed E-state index contributed by atoms with van der Waals surface area (Å²) in [7, 11) is 4.32. The zero-order chi connectivity index (χ0) is 46.9. The molecule has 1 saturated carbocycles. The van der Waals surface area contributed by atoms with Crippen LogP contribution in [0.2, 0.25) is 0 Å². The highest BCUT2D eigenvalue weighted by molar-refractivity contribution is 7.13. The van der Waals surface area contributed by atoms with Crippen LogP contribution < -0.4 is 16.4 Å². The molecule has 0 bridgehead atoms. The summed E-state index contributed by atoms with van der Waals surface area (Å²) in [6.45, 7) is 5.02. The lowest BCUT2D eigenvalue weighted by Crippen LogP contribution is -2.41. The zero-order valence-electron chi connectivity index (χ0n) is 34.8. The number of aliphatic carboxylic acids is 2. The Balaban J connectivity index is 0.000000477. The van der Waals surface area contributed by atoms with Gasteiger partial charge in [-0.2, -0.15) is 26.3 Å². The van der Waals surface area contributed by atoms with Crippen molar-refractivity contribution in [2.45, 2.75) is 76.4 Å². The smallest absolute Gasteiger partial charge is 0.475 e. The Kier molecular flexibility index (Phi) is 16.0. The number of alkyl halides is 6. The van der Waals surface area contributed by atoms with Crippen molar-refractivity contribution in [1.82, 2.24) is 34.3 Å². The summed E-state index contributed by atoms with van der Waals surface area (Å²) >= 11 is 1.44. The average Bonchev–Trinajstić information content (AvgIpc) is 3.87. The van der Waals surface area contributed by atoms with E-state index in [9.17, 15) is 35.9 Å². The van der Waals surface area contributed by atoms with E-state index in [1.54, 1.807) is 18.5 Å². The quantitative estimate of drug-likeness (QED) is 0.0921. The third-order valence-corrected chi connectivity index (χ3v) is 11.4. The van der Waals surface area contributed by atoms with Crippen LogP contribution in [-0.4, -0.2) is 114 Å². The predicted octanol–water partition coefficient (Wildman–Crippen LogP) is 7.26. The number of rotatable bonds is 9. The molecule has 16 nitrogen and oxygen atoms in total. The van der Waals surface area contributed by atoms with Crippen LogP contribution in [0.15, 0.2) is 60.2 Å². The topological polar surface area (TPSA) is 222 Å². The predicted molar refractivity (Wildman–Crippen MR) is 225 cm³/mol. The molecular weight excluding hydrogens is 875 g/mol. The van der Waals surface area contributed by atoms with Crippen molar-refractivity contribution in [2.24, 2.45) is 5.92 Å². The van der Waals surface area contributed by atoms with Crippen LogP contribution in [0.5, 0.6) is 0 Å². The number of fused-ring (bicyclic) bond motifs is 1. The van der Waals surface area contributed by atoms with E-state index in [2.05, 4.69) is 66.2 Å². The number of nitrogens with zero attached hydrogens (tertiary/aromatic N) is 7. The molecule has 344 valence electrons. The number of nitrogens with one attached hydrogen (secondary N) is 2. The number of aryl methyl sites for hydroxylation is 1. The third kappa shape index (κ3) is 13.4. The van der Waals surface area contributed by atoms with Crippen LogP contribution in [0, 0.1) is 12.8 Å². The fraction of sp³-hybridized carbons (Fsp3) is 0.415. The second kappa shape index (κ2) is 21.0. The van der Waals surface area contributed by atoms with Gasteiger partial charge in [0, 0.05) is 46.7 Å². The van der Waals surface area contributed by atoms with E-state index >= 15 is 0 Å². The van der Waals surface area contributed by atoms with Gasteiger partial charge in [0.2, 0.25) is 5.91 Å². The fourth-order valence-corrected chi connectivity index (χ4v) is 7.81. The van der Waals surface area contributed by atoms with Crippen LogP contribution >= 0.6 is 11.3 Å². The van der Waals surface area contributed by atoms with Crippen molar-refractivity contribution in [3.63, 3.8) is 0 Å². The van der Waals surface area contributed by atoms with Gasteiger partial charge in [-0.1, -0.05) is 24.3 Å². The molecule has 7 rings (SSSR count). The first-order valence-electron chi connectivity index (χ1n) is 19.8. The molecule has 0 atom stereocenters. The van der Waals surface area contributed by atoms with Gasteiger partial charge in [-0.15, -0.1) is 11.3 Å². The summed E-state index contributed by atoms with van der Waals surface area (Å²) in [6, 6.07) is 16.2. The van der Waals surface area contributed by atoms with E-state index in [1.165, 1.54) is 29.7 Å². The van der Waals surface area contributed by atoms with E-state index in [-0.39, 0.29) is 29.6 Å². The number of amides is 2. The van der Waals surface area contributed by atoms with Gasteiger partial charge in [0.05, 0.1) is 12.0 Å². The normalized spacial score (nSPS) is 17.2. The standard InChI is InChI=1S/C37H44N10O2S.2C2HF3O2/c1-23-21-50-37(40-23)44-35(48)25-9-13-30(14-10-25)47-22-39-31-32(38)42-33(43-34(31)47)26-5-4-6-27(19-26)36(49)41-28-11-7-24(8-12-28)20-46-17-15-29(16-18-46)45(2)3;2*3-2(4,5)1(6)7/h4-8,11-12,19,21-22,25,29-30H,9-10,13-18,20H2,1-3H3,(H,41,49)(H2,38,42,43)(H,40,44,48);2*(H,6,7). The number of carboxylic acid groups (broad SMARTS) is 2. The number of hydrogen-bond donors (Lipinski definition) is 5. The Bertz CT molecular complexity index is 2380. The van der Waals surface area contributed by atoms with Gasteiger partial charge in [0.1, 0.15) is 5.52 Å². The Labute approximate surface area is 366 Å². The minimum Gasteiger partial charge on any atom is -0.475 e. The summed E-state index contributed by atoms with van der Waals surface area (Å²) in [6.07, 6.45) is -2.89. The molecule has 2 aromatic carbocycles. The maximum Gasteiger partial charge on any atom is 0.490 e. The number of anilines is 3. The Hall–Kier alpha value is -6.20. The minimum atomic E-state index is -5.08. The molecule has 23 heteroatoms. The molecule has 0 spiro atoms. The highest BCUT2D eigenvalue weighted by Crippen LogP contribution is 2.36. The van der Waals surface area contributed by atoms with E-state index in [1.807, 2.05) is 36.6 Å². The van der Waals surface area contributed by atoms with Crippen molar-refractivity contribution in [3.8, 4) is 11.4 Å². The zero-order valence-corrected chi connectivity index (χ0v) is 35.6. The number of aromatic nitrogens is 5. The third-order valence-electron chi connectivity index (χ3n) is 10.5. The molecule has 2 amide bonds. The SMILES string of the molecule is Cc1csc(NC(=O)C2CCC(n3cnc4c(N)nc(-c5cccc(C(=O)Nc6ccc(CN7CCC(N(C)C)CC7)cc6)c5)nc43)CC2)n1.O=C(O)C(F)(F)F.O=C(O)C(F)(F)F. The summed E-state index contributed by atoms with van der Waals surface area (Å²) in [4.78, 5) is 67.2. The number of carboxylic acids is 2. The maximum absolute atomic E-state index is 13.3. The number of piperidine rings is 1. The number of thiazole rings is 1. The molecule has 5 aromatic rings. The van der Waals surface area contributed by atoms with Crippen molar-refractivity contribution >= 4 is 62.9 Å². The van der Waals surface area contributed by atoms with Crippen LogP contribution in [0.1, 0.15) is 66.2 Å². The second-order valence-electron chi connectivity index (χ2n) is 15.4. The van der Waals surface area contributed by atoms with Crippen molar-refractivity contribution < 1.29 is 55.7 Å². The molecule has 2 aliphatic rings. The molecule has 6 N–H and O–H groups in total. The Morgan fingerprint density at radius 3 is 2.02 bits per heavy atom. The van der Waals surface area contributed by atoms with E-state index in [0.717, 1.165) is 56.7 Å². The van der Waals surface area contributed by atoms with Crippen LogP contribution in [0.4, 0.5) is 43.0 Å². The largest absolute Gasteiger partial charge is 0.490 e. The second-order valence-corrected chi connectivity index (χ2v) is 16.2. The van der Waals surface area contributed by atoms with Crippen molar-refractivity contribution in [1.29, 1.82) is 0 Å². The molecule has 0 radical (unpaired) electrons. The van der Waals surface area contributed by atoms with Gasteiger partial charge < -0.3 is 36.0 Å². The first kappa shape index (κ1) is 48.8. The number of benzene rings is 2. The Morgan fingerprint density at radius 1 is 0.859 bits per heavy atom. The fourth-order valence-electron chi connectivity index (χ4n) is 7.12. The average molecular weight is 921 g/mol. The summed E-state index contributed by atoms with van der Waals surface area (Å²) < 4.78 is 65.5. The summed E-state index contributed by atoms with van der Waals surface area (Å²) in [5, 5.41) is 22.8. The first-order chi connectivity index (χ1) is 30.1. The molecule has 1 saturated heterocycles. The number of carbonyl (C=O) groups excluding carboxylic acids is 2. The van der Waals surface area contributed by atoms with Crippen LogP contribution in [0.25, 0.3) is 22.6 Å². The van der Waals surface area contributed by atoms with Gasteiger partial charge in [-0.05, 0) is 102 Å². The number of hydrogen-bond acceptors (Lipinski definition) is 12. The van der Waals surface area contributed by atoms with Gasteiger partial charge in [0.25, 0.3) is 5.91 Å². The van der Waals surface area contributed by atoms with Crippen LogP contribution in [-0.2, 0) is 20.9 Å². The molecule has 2 fully saturated rings. The highest BCUT2D eigenvalue weighted by atomic mass is 32.1. The number of imidazole rings is 1. The van der Waals surface area contributed by atoms with E-state index < -0.39 is 24.3 Å². The molecule has 0 unspecified atom stereocenters.